The molecule has 0 aromatic rings. The molecular weight excluding hydrogens is 236 g/mol. The van der Waals surface area contributed by atoms with Gasteiger partial charge in [0, 0.05) is 18.3 Å². The van der Waals surface area contributed by atoms with Crippen molar-refractivity contribution in [1.29, 1.82) is 0 Å². The summed E-state index contributed by atoms with van der Waals surface area (Å²) in [5, 5.41) is 0. The Morgan fingerprint density at radius 1 is 1.37 bits per heavy atom. The lowest BCUT2D eigenvalue weighted by atomic mass is 9.81. The van der Waals surface area contributed by atoms with E-state index in [4.69, 9.17) is 4.74 Å². The van der Waals surface area contributed by atoms with E-state index >= 15 is 0 Å². The third-order valence-electron chi connectivity index (χ3n) is 3.68. The first-order valence-electron chi connectivity index (χ1n) is 7.21. The number of allylic oxidation sites excluding steroid dienone is 4. The van der Waals surface area contributed by atoms with Crippen molar-refractivity contribution in [3.8, 4) is 11.8 Å². The fourth-order valence-corrected chi connectivity index (χ4v) is 2.66. The van der Waals surface area contributed by atoms with Crippen LogP contribution in [0.2, 0.25) is 0 Å². The highest BCUT2D eigenvalue weighted by molar-refractivity contribution is 5.88. The quantitative estimate of drug-likeness (QED) is 0.430. The fourth-order valence-electron chi connectivity index (χ4n) is 2.66. The maximum atomic E-state index is 11.1. The Hall–Kier alpha value is -1.49. The first kappa shape index (κ1) is 13.9. The Labute approximate surface area is 115 Å². The van der Waals surface area contributed by atoms with E-state index in [0.717, 1.165) is 5.92 Å². The van der Waals surface area contributed by atoms with Crippen molar-refractivity contribution in [3.63, 3.8) is 0 Å². The lowest BCUT2D eigenvalue weighted by molar-refractivity contribution is -0.136. The molecular formula is C17H21O2. The average Bonchev–Trinajstić information content (AvgIpc) is 2.47. The van der Waals surface area contributed by atoms with Crippen LogP contribution in [0.3, 0.4) is 0 Å². The van der Waals surface area contributed by atoms with E-state index in [1.807, 2.05) is 0 Å². The van der Waals surface area contributed by atoms with Gasteiger partial charge in [-0.25, -0.2) is 4.79 Å². The molecule has 0 aliphatic heterocycles. The van der Waals surface area contributed by atoms with Crippen LogP contribution in [0.4, 0.5) is 0 Å². The van der Waals surface area contributed by atoms with Gasteiger partial charge < -0.3 is 4.74 Å². The predicted molar refractivity (Wildman–Crippen MR) is 76.0 cm³/mol. The van der Waals surface area contributed by atoms with Crippen LogP contribution in [-0.2, 0) is 9.53 Å². The zero-order chi connectivity index (χ0) is 13.5. The molecule has 2 heteroatoms. The summed E-state index contributed by atoms with van der Waals surface area (Å²) in [4.78, 5) is 11.1. The van der Waals surface area contributed by atoms with Crippen LogP contribution >= 0.6 is 0 Å². The van der Waals surface area contributed by atoms with E-state index in [1.165, 1.54) is 37.7 Å². The van der Waals surface area contributed by atoms with Gasteiger partial charge in [-0.2, -0.15) is 0 Å². The van der Waals surface area contributed by atoms with Gasteiger partial charge in [-0.05, 0) is 31.3 Å². The molecule has 0 bridgehead atoms. The lowest BCUT2D eigenvalue weighted by Crippen LogP contribution is -2.11. The van der Waals surface area contributed by atoms with Crippen LogP contribution in [0.1, 0.15) is 39.0 Å². The predicted octanol–water partition coefficient (Wildman–Crippen LogP) is 3.45. The van der Waals surface area contributed by atoms with Gasteiger partial charge in [-0.1, -0.05) is 43.4 Å². The molecule has 1 radical (unpaired) electrons. The number of carbonyl (C=O) groups excluding carboxylic acids is 1. The van der Waals surface area contributed by atoms with Crippen LogP contribution in [0.15, 0.2) is 23.8 Å². The monoisotopic (exact) mass is 257 g/mol. The molecule has 2 aliphatic carbocycles. The van der Waals surface area contributed by atoms with E-state index in [9.17, 15) is 4.79 Å². The molecule has 1 unspecified atom stereocenters. The number of esters is 1. The van der Waals surface area contributed by atoms with Crippen LogP contribution < -0.4 is 0 Å². The van der Waals surface area contributed by atoms with Gasteiger partial charge in [-0.3, -0.25) is 0 Å². The molecule has 1 atom stereocenters. The van der Waals surface area contributed by atoms with Gasteiger partial charge >= 0.3 is 5.97 Å². The van der Waals surface area contributed by atoms with Crippen molar-refractivity contribution in [2.75, 3.05) is 6.61 Å². The topological polar surface area (TPSA) is 26.3 Å². The summed E-state index contributed by atoms with van der Waals surface area (Å²) in [6, 6.07) is 0. The highest BCUT2D eigenvalue weighted by Gasteiger charge is 2.18. The molecule has 0 aromatic heterocycles. The molecule has 101 valence electrons. The second-order valence-electron chi connectivity index (χ2n) is 5.07. The molecule has 0 heterocycles. The molecule has 2 aliphatic rings. The average molecular weight is 257 g/mol. The number of ether oxygens (including phenoxy) is 1. The highest BCUT2D eigenvalue weighted by atomic mass is 16.5. The fraction of sp³-hybridized carbons (Fsp3) is 0.529. The van der Waals surface area contributed by atoms with Gasteiger partial charge in [0.25, 0.3) is 0 Å². The van der Waals surface area contributed by atoms with Crippen LogP contribution in [-0.4, -0.2) is 12.6 Å². The second kappa shape index (κ2) is 7.19. The Morgan fingerprint density at radius 2 is 2.16 bits per heavy atom. The van der Waals surface area contributed by atoms with E-state index in [2.05, 4.69) is 36.5 Å². The minimum absolute atomic E-state index is 0.0387. The summed E-state index contributed by atoms with van der Waals surface area (Å²) in [6.07, 6.45) is 15.2. The minimum atomic E-state index is -0.439. The summed E-state index contributed by atoms with van der Waals surface area (Å²) < 4.78 is 4.78. The summed E-state index contributed by atoms with van der Waals surface area (Å²) in [5.74, 6) is 5.77. The summed E-state index contributed by atoms with van der Waals surface area (Å²) in [6.45, 7) is 2.16. The molecule has 19 heavy (non-hydrogen) atoms. The summed E-state index contributed by atoms with van der Waals surface area (Å²) >= 11 is 0. The molecule has 0 spiro atoms. The SMILES string of the molecule is CCOC(=O)C#CC1[CH]C=C(C2CCCCC2)C=C1. The zero-order valence-electron chi connectivity index (χ0n) is 11.5. The summed E-state index contributed by atoms with van der Waals surface area (Å²) in [5.41, 5.74) is 1.42. The van der Waals surface area contributed by atoms with Crippen LogP contribution in [0.5, 0.6) is 0 Å². The molecule has 0 amide bonds. The largest absolute Gasteiger partial charge is 0.456 e. The van der Waals surface area contributed by atoms with Gasteiger partial charge in [0.2, 0.25) is 0 Å². The molecule has 0 aromatic carbocycles. The molecule has 2 nitrogen and oxygen atoms in total. The van der Waals surface area contributed by atoms with Crippen molar-refractivity contribution < 1.29 is 9.53 Å². The van der Waals surface area contributed by atoms with Gasteiger partial charge in [0.05, 0.1) is 6.61 Å². The van der Waals surface area contributed by atoms with Crippen LogP contribution in [0, 0.1) is 30.1 Å². The Kier molecular flexibility index (Phi) is 5.27. The van der Waals surface area contributed by atoms with Crippen molar-refractivity contribution in [2.45, 2.75) is 39.0 Å². The van der Waals surface area contributed by atoms with Gasteiger partial charge in [0.15, 0.2) is 0 Å². The standard InChI is InChI=1S/C17H21O2/c1-2-19-17(18)13-10-14-8-11-16(12-9-14)15-6-4-3-5-7-15/h8-9,11-12,14-15H,2-7H2,1H3. The van der Waals surface area contributed by atoms with E-state index in [0.29, 0.717) is 6.61 Å². The minimum Gasteiger partial charge on any atom is -0.456 e. The molecule has 2 rings (SSSR count). The van der Waals surface area contributed by atoms with Crippen molar-refractivity contribution >= 4 is 5.97 Å². The zero-order valence-corrected chi connectivity index (χ0v) is 11.5. The maximum Gasteiger partial charge on any atom is 0.384 e. The summed E-state index contributed by atoms with van der Waals surface area (Å²) in [7, 11) is 0. The van der Waals surface area contributed by atoms with Crippen LogP contribution in [0.25, 0.3) is 0 Å². The Balaban J connectivity index is 1.86. The number of hydrogen-bond donors (Lipinski definition) is 0. The first-order valence-corrected chi connectivity index (χ1v) is 7.21. The smallest absolute Gasteiger partial charge is 0.384 e. The van der Waals surface area contributed by atoms with E-state index in [1.54, 1.807) is 6.92 Å². The molecule has 1 fully saturated rings. The van der Waals surface area contributed by atoms with Crippen molar-refractivity contribution in [1.82, 2.24) is 0 Å². The highest BCUT2D eigenvalue weighted by Crippen LogP contribution is 2.32. The normalized spacial score (nSPS) is 23.2. The van der Waals surface area contributed by atoms with E-state index < -0.39 is 5.97 Å². The van der Waals surface area contributed by atoms with Crippen molar-refractivity contribution in [2.24, 2.45) is 11.8 Å². The second-order valence-corrected chi connectivity index (χ2v) is 5.07. The van der Waals surface area contributed by atoms with Gasteiger partial charge in [0.1, 0.15) is 0 Å². The van der Waals surface area contributed by atoms with Crippen molar-refractivity contribution in [3.05, 3.63) is 30.2 Å². The number of rotatable bonds is 2. The number of hydrogen-bond acceptors (Lipinski definition) is 2. The molecule has 1 saturated carbocycles. The Morgan fingerprint density at radius 3 is 2.79 bits per heavy atom. The van der Waals surface area contributed by atoms with Gasteiger partial charge in [-0.15, -0.1) is 0 Å². The maximum absolute atomic E-state index is 11.1. The number of carbonyl (C=O) groups is 1. The first-order chi connectivity index (χ1) is 9.29. The third kappa shape index (κ3) is 4.28. The Bertz CT molecular complexity index is 428. The molecule has 0 saturated heterocycles. The van der Waals surface area contributed by atoms with E-state index in [-0.39, 0.29) is 5.92 Å². The molecule has 0 N–H and O–H groups in total. The third-order valence-corrected chi connectivity index (χ3v) is 3.68. The lowest BCUT2D eigenvalue weighted by Gasteiger charge is -2.24.